The van der Waals surface area contributed by atoms with Gasteiger partial charge in [-0.3, -0.25) is 4.79 Å². The summed E-state index contributed by atoms with van der Waals surface area (Å²) < 4.78 is 0. The number of carbonyl (C=O) groups excluding carboxylic acids is 1. The Bertz CT molecular complexity index is 402. The van der Waals surface area contributed by atoms with Gasteiger partial charge in [0, 0.05) is 11.7 Å². The standard InChI is InChI=1S/C13H20N2O2/c1-8(2)6-9(3)15-13(17)11-7-10(16)4-5-12(11)14/h4-5,7-9,16H,6,14H2,1-3H3,(H,15,17). The lowest BCUT2D eigenvalue weighted by Gasteiger charge is -2.16. The first kappa shape index (κ1) is 13.4. The molecular weight excluding hydrogens is 216 g/mol. The molecule has 1 atom stereocenters. The normalized spacial score (nSPS) is 12.5. The number of phenolic OH excluding ortho intramolecular Hbond substituents is 1. The van der Waals surface area contributed by atoms with Crippen LogP contribution in [0.25, 0.3) is 0 Å². The van der Waals surface area contributed by atoms with E-state index in [0.29, 0.717) is 17.2 Å². The predicted molar refractivity (Wildman–Crippen MR) is 68.9 cm³/mol. The van der Waals surface area contributed by atoms with Crippen molar-refractivity contribution in [3.63, 3.8) is 0 Å². The van der Waals surface area contributed by atoms with Gasteiger partial charge in [0.05, 0.1) is 5.56 Å². The fourth-order valence-corrected chi connectivity index (χ4v) is 1.81. The molecule has 0 aliphatic rings. The molecule has 1 amide bonds. The number of nitrogens with one attached hydrogen (secondary N) is 1. The SMILES string of the molecule is CC(C)CC(C)NC(=O)c1cc(O)ccc1N. The van der Waals surface area contributed by atoms with Gasteiger partial charge in [-0.1, -0.05) is 13.8 Å². The third kappa shape index (κ3) is 3.98. The van der Waals surface area contributed by atoms with Gasteiger partial charge in [0.1, 0.15) is 5.75 Å². The molecule has 4 heteroatoms. The van der Waals surface area contributed by atoms with Crippen molar-refractivity contribution < 1.29 is 9.90 Å². The van der Waals surface area contributed by atoms with Gasteiger partial charge in [-0.2, -0.15) is 0 Å². The summed E-state index contributed by atoms with van der Waals surface area (Å²) in [5, 5.41) is 12.2. The molecule has 4 N–H and O–H groups in total. The van der Waals surface area contributed by atoms with E-state index >= 15 is 0 Å². The van der Waals surface area contributed by atoms with E-state index in [1.54, 1.807) is 0 Å². The maximum absolute atomic E-state index is 11.9. The molecule has 0 bridgehead atoms. The van der Waals surface area contributed by atoms with E-state index in [1.165, 1.54) is 18.2 Å². The van der Waals surface area contributed by atoms with Gasteiger partial charge in [0.15, 0.2) is 0 Å². The molecule has 1 aromatic carbocycles. The first-order valence-electron chi connectivity index (χ1n) is 5.79. The van der Waals surface area contributed by atoms with E-state index in [0.717, 1.165) is 6.42 Å². The van der Waals surface area contributed by atoms with Crippen molar-refractivity contribution >= 4 is 11.6 Å². The lowest BCUT2D eigenvalue weighted by molar-refractivity contribution is 0.0936. The minimum Gasteiger partial charge on any atom is -0.508 e. The molecule has 0 radical (unpaired) electrons. The molecule has 0 saturated heterocycles. The zero-order valence-electron chi connectivity index (χ0n) is 10.5. The summed E-state index contributed by atoms with van der Waals surface area (Å²) in [6.07, 6.45) is 0.907. The molecule has 4 nitrogen and oxygen atoms in total. The van der Waals surface area contributed by atoms with Gasteiger partial charge in [-0.25, -0.2) is 0 Å². The lowest BCUT2D eigenvalue weighted by atomic mass is 10.0. The Balaban J connectivity index is 2.73. The van der Waals surface area contributed by atoms with Crippen LogP contribution in [0.2, 0.25) is 0 Å². The molecule has 0 aromatic heterocycles. The van der Waals surface area contributed by atoms with E-state index in [1.807, 2.05) is 6.92 Å². The quantitative estimate of drug-likeness (QED) is 0.554. The van der Waals surface area contributed by atoms with Crippen LogP contribution in [0, 0.1) is 5.92 Å². The van der Waals surface area contributed by atoms with Crippen LogP contribution in [-0.2, 0) is 0 Å². The molecule has 0 heterocycles. The van der Waals surface area contributed by atoms with Crippen molar-refractivity contribution in [1.82, 2.24) is 5.32 Å². The van der Waals surface area contributed by atoms with Crippen LogP contribution in [0.1, 0.15) is 37.6 Å². The highest BCUT2D eigenvalue weighted by molar-refractivity contribution is 5.99. The molecule has 0 aliphatic heterocycles. The zero-order chi connectivity index (χ0) is 13.0. The fraction of sp³-hybridized carbons (Fsp3) is 0.462. The van der Waals surface area contributed by atoms with E-state index in [2.05, 4.69) is 19.2 Å². The predicted octanol–water partition coefficient (Wildman–Crippen LogP) is 2.14. The number of amides is 1. The summed E-state index contributed by atoms with van der Waals surface area (Å²) in [7, 11) is 0. The molecule has 0 saturated carbocycles. The van der Waals surface area contributed by atoms with Crippen LogP contribution >= 0.6 is 0 Å². The number of phenols is 1. The van der Waals surface area contributed by atoms with Gasteiger partial charge in [0.25, 0.3) is 5.91 Å². The molecule has 0 fully saturated rings. The number of aromatic hydroxyl groups is 1. The Morgan fingerprint density at radius 3 is 2.65 bits per heavy atom. The van der Waals surface area contributed by atoms with Crippen molar-refractivity contribution in [3.05, 3.63) is 23.8 Å². The number of carbonyl (C=O) groups is 1. The third-order valence-corrected chi connectivity index (χ3v) is 2.48. The molecule has 1 unspecified atom stereocenters. The van der Waals surface area contributed by atoms with Crippen molar-refractivity contribution in [2.75, 3.05) is 5.73 Å². The number of rotatable bonds is 4. The molecule has 1 rings (SSSR count). The van der Waals surface area contributed by atoms with Crippen molar-refractivity contribution in [2.45, 2.75) is 33.2 Å². The summed E-state index contributed by atoms with van der Waals surface area (Å²) in [6, 6.07) is 4.46. The van der Waals surface area contributed by atoms with Crippen molar-refractivity contribution in [1.29, 1.82) is 0 Å². The van der Waals surface area contributed by atoms with Crippen LogP contribution in [0.4, 0.5) is 5.69 Å². The summed E-state index contributed by atoms with van der Waals surface area (Å²) in [6.45, 7) is 6.16. The topological polar surface area (TPSA) is 75.3 Å². The second-order valence-electron chi connectivity index (χ2n) is 4.78. The summed E-state index contributed by atoms with van der Waals surface area (Å²) in [5.74, 6) is 0.319. The highest BCUT2D eigenvalue weighted by atomic mass is 16.3. The zero-order valence-corrected chi connectivity index (χ0v) is 10.5. The number of hydrogen-bond donors (Lipinski definition) is 3. The Morgan fingerprint density at radius 2 is 2.06 bits per heavy atom. The lowest BCUT2D eigenvalue weighted by Crippen LogP contribution is -2.33. The second kappa shape index (κ2) is 5.57. The highest BCUT2D eigenvalue weighted by Crippen LogP contribution is 2.18. The second-order valence-corrected chi connectivity index (χ2v) is 4.78. The van der Waals surface area contributed by atoms with Gasteiger partial charge >= 0.3 is 0 Å². The number of anilines is 1. The molecule has 0 aliphatic carbocycles. The van der Waals surface area contributed by atoms with Crippen LogP contribution in [0.15, 0.2) is 18.2 Å². The van der Waals surface area contributed by atoms with Crippen LogP contribution in [0.3, 0.4) is 0 Å². The maximum atomic E-state index is 11.9. The summed E-state index contributed by atoms with van der Waals surface area (Å²) >= 11 is 0. The molecular formula is C13H20N2O2. The Hall–Kier alpha value is -1.71. The summed E-state index contributed by atoms with van der Waals surface area (Å²) in [5.41, 5.74) is 6.39. The van der Waals surface area contributed by atoms with E-state index in [9.17, 15) is 9.90 Å². The average molecular weight is 236 g/mol. The minimum absolute atomic E-state index is 0.0425. The third-order valence-electron chi connectivity index (χ3n) is 2.48. The average Bonchev–Trinajstić information content (AvgIpc) is 2.20. The minimum atomic E-state index is -0.244. The summed E-state index contributed by atoms with van der Waals surface area (Å²) in [4.78, 5) is 11.9. The largest absolute Gasteiger partial charge is 0.508 e. The monoisotopic (exact) mass is 236 g/mol. The highest BCUT2D eigenvalue weighted by Gasteiger charge is 2.14. The van der Waals surface area contributed by atoms with Gasteiger partial charge in [-0.15, -0.1) is 0 Å². The molecule has 17 heavy (non-hydrogen) atoms. The van der Waals surface area contributed by atoms with Crippen LogP contribution in [-0.4, -0.2) is 17.1 Å². The van der Waals surface area contributed by atoms with Gasteiger partial charge < -0.3 is 16.2 Å². The number of nitrogen functional groups attached to an aromatic ring is 1. The molecule has 0 spiro atoms. The van der Waals surface area contributed by atoms with Crippen molar-refractivity contribution in [2.24, 2.45) is 5.92 Å². The van der Waals surface area contributed by atoms with Gasteiger partial charge in [0.2, 0.25) is 0 Å². The maximum Gasteiger partial charge on any atom is 0.253 e. The Labute approximate surface area is 102 Å². The van der Waals surface area contributed by atoms with E-state index in [-0.39, 0.29) is 17.7 Å². The fourth-order valence-electron chi connectivity index (χ4n) is 1.81. The smallest absolute Gasteiger partial charge is 0.253 e. The Kier molecular flexibility index (Phi) is 4.37. The Morgan fingerprint density at radius 1 is 1.41 bits per heavy atom. The van der Waals surface area contributed by atoms with Crippen LogP contribution < -0.4 is 11.1 Å². The van der Waals surface area contributed by atoms with E-state index < -0.39 is 0 Å². The molecule has 94 valence electrons. The van der Waals surface area contributed by atoms with Gasteiger partial charge in [-0.05, 0) is 37.5 Å². The van der Waals surface area contributed by atoms with Crippen molar-refractivity contribution in [3.8, 4) is 5.75 Å². The first-order valence-corrected chi connectivity index (χ1v) is 5.79. The van der Waals surface area contributed by atoms with Crippen LogP contribution in [0.5, 0.6) is 5.75 Å². The number of nitrogens with two attached hydrogens (primary N) is 1. The first-order chi connectivity index (χ1) is 7.90. The number of hydrogen-bond acceptors (Lipinski definition) is 3. The van der Waals surface area contributed by atoms with E-state index in [4.69, 9.17) is 5.73 Å². The number of benzene rings is 1. The molecule has 1 aromatic rings.